The maximum atomic E-state index is 10.6. The second-order valence-electron chi connectivity index (χ2n) is 5.81. The average molecular weight is 248 g/mol. The molecule has 2 nitrogen and oxygen atoms in total. The van der Waals surface area contributed by atoms with Crippen LogP contribution in [-0.2, 0) is 5.60 Å². The zero-order chi connectivity index (χ0) is 13.0. The number of aliphatic hydroxyl groups is 2. The molecule has 1 saturated carbocycles. The van der Waals surface area contributed by atoms with Crippen LogP contribution in [0, 0.1) is 5.92 Å². The van der Waals surface area contributed by atoms with E-state index in [2.05, 4.69) is 0 Å². The molecule has 0 radical (unpaired) electrons. The van der Waals surface area contributed by atoms with E-state index in [0.29, 0.717) is 6.42 Å². The van der Waals surface area contributed by atoms with Gasteiger partial charge in [0.05, 0.1) is 11.7 Å². The first-order valence-corrected chi connectivity index (χ1v) is 7.05. The summed E-state index contributed by atoms with van der Waals surface area (Å²) >= 11 is 0. The summed E-state index contributed by atoms with van der Waals surface area (Å²) < 4.78 is 0. The quantitative estimate of drug-likeness (QED) is 0.806. The summed E-state index contributed by atoms with van der Waals surface area (Å²) in [5.41, 5.74) is 0.110. The second-order valence-corrected chi connectivity index (χ2v) is 5.81. The lowest BCUT2D eigenvalue weighted by molar-refractivity contribution is -0.00496. The van der Waals surface area contributed by atoms with Crippen molar-refractivity contribution in [2.75, 3.05) is 0 Å². The molecular formula is C16H24O2. The van der Waals surface area contributed by atoms with Gasteiger partial charge in [-0.25, -0.2) is 0 Å². The SMILES string of the molecule is CC(O)(CC1CCCCCC1O)c1ccccc1. The van der Waals surface area contributed by atoms with Crippen molar-refractivity contribution in [3.63, 3.8) is 0 Å². The van der Waals surface area contributed by atoms with Crippen LogP contribution in [0.15, 0.2) is 30.3 Å². The van der Waals surface area contributed by atoms with Crippen molar-refractivity contribution in [3.8, 4) is 0 Å². The molecule has 3 atom stereocenters. The summed E-state index contributed by atoms with van der Waals surface area (Å²) in [6.45, 7) is 1.86. The third-order valence-electron chi connectivity index (χ3n) is 4.17. The van der Waals surface area contributed by atoms with Gasteiger partial charge in [-0.2, -0.15) is 0 Å². The Hall–Kier alpha value is -0.860. The fourth-order valence-electron chi connectivity index (χ4n) is 3.03. The van der Waals surface area contributed by atoms with Crippen LogP contribution in [0.1, 0.15) is 51.0 Å². The van der Waals surface area contributed by atoms with Gasteiger partial charge in [0.15, 0.2) is 0 Å². The molecule has 0 aromatic heterocycles. The highest BCUT2D eigenvalue weighted by Gasteiger charge is 2.31. The van der Waals surface area contributed by atoms with Gasteiger partial charge in [0.1, 0.15) is 0 Å². The van der Waals surface area contributed by atoms with Crippen molar-refractivity contribution in [1.82, 2.24) is 0 Å². The minimum absolute atomic E-state index is 0.225. The van der Waals surface area contributed by atoms with E-state index in [1.807, 2.05) is 37.3 Å². The first-order valence-electron chi connectivity index (χ1n) is 7.05. The molecule has 0 heterocycles. The number of hydrogen-bond donors (Lipinski definition) is 2. The molecule has 0 aliphatic heterocycles. The van der Waals surface area contributed by atoms with Crippen LogP contribution >= 0.6 is 0 Å². The Morgan fingerprint density at radius 3 is 2.50 bits per heavy atom. The normalized spacial score (nSPS) is 28.4. The molecule has 2 heteroatoms. The van der Waals surface area contributed by atoms with Gasteiger partial charge in [-0.1, -0.05) is 49.6 Å². The zero-order valence-electron chi connectivity index (χ0n) is 11.2. The van der Waals surface area contributed by atoms with Crippen molar-refractivity contribution >= 4 is 0 Å². The van der Waals surface area contributed by atoms with E-state index in [1.54, 1.807) is 0 Å². The largest absolute Gasteiger partial charge is 0.393 e. The predicted molar refractivity (Wildman–Crippen MR) is 73.2 cm³/mol. The fourth-order valence-corrected chi connectivity index (χ4v) is 3.03. The van der Waals surface area contributed by atoms with Crippen LogP contribution in [-0.4, -0.2) is 16.3 Å². The van der Waals surface area contributed by atoms with Gasteiger partial charge in [-0.15, -0.1) is 0 Å². The molecule has 0 bridgehead atoms. The Kier molecular flexibility index (Phi) is 4.41. The molecule has 1 aliphatic carbocycles. The smallest absolute Gasteiger partial charge is 0.0872 e. The van der Waals surface area contributed by atoms with Crippen LogP contribution in [0.5, 0.6) is 0 Å². The van der Waals surface area contributed by atoms with Crippen LogP contribution in [0.3, 0.4) is 0 Å². The average Bonchev–Trinajstić information content (AvgIpc) is 2.56. The van der Waals surface area contributed by atoms with E-state index in [4.69, 9.17) is 0 Å². The third kappa shape index (κ3) is 3.33. The molecule has 18 heavy (non-hydrogen) atoms. The lowest BCUT2D eigenvalue weighted by atomic mass is 9.82. The van der Waals surface area contributed by atoms with Gasteiger partial charge in [0, 0.05) is 0 Å². The van der Waals surface area contributed by atoms with Gasteiger partial charge in [0.25, 0.3) is 0 Å². The lowest BCUT2D eigenvalue weighted by Gasteiger charge is -2.30. The van der Waals surface area contributed by atoms with Crippen LogP contribution in [0.4, 0.5) is 0 Å². The minimum Gasteiger partial charge on any atom is -0.393 e. The van der Waals surface area contributed by atoms with Gasteiger partial charge < -0.3 is 10.2 Å². The van der Waals surface area contributed by atoms with Crippen LogP contribution < -0.4 is 0 Å². The van der Waals surface area contributed by atoms with Crippen LogP contribution in [0.25, 0.3) is 0 Å². The van der Waals surface area contributed by atoms with Crippen LogP contribution in [0.2, 0.25) is 0 Å². The second kappa shape index (κ2) is 5.85. The highest BCUT2D eigenvalue weighted by Crippen LogP contribution is 2.34. The predicted octanol–water partition coefficient (Wildman–Crippen LogP) is 3.23. The molecule has 3 unspecified atom stereocenters. The Morgan fingerprint density at radius 2 is 1.78 bits per heavy atom. The summed E-state index contributed by atoms with van der Waals surface area (Å²) in [7, 11) is 0. The molecule has 1 aliphatic rings. The highest BCUT2D eigenvalue weighted by atomic mass is 16.3. The van der Waals surface area contributed by atoms with Gasteiger partial charge in [0.2, 0.25) is 0 Å². The van der Waals surface area contributed by atoms with Crippen molar-refractivity contribution in [2.24, 2.45) is 5.92 Å². The minimum atomic E-state index is -0.836. The van der Waals surface area contributed by atoms with Gasteiger partial charge in [-0.3, -0.25) is 0 Å². The Bertz CT molecular complexity index is 359. The number of benzene rings is 1. The highest BCUT2D eigenvalue weighted by molar-refractivity contribution is 5.21. The first-order chi connectivity index (χ1) is 8.59. The molecule has 1 aromatic rings. The number of aliphatic hydroxyl groups excluding tert-OH is 1. The summed E-state index contributed by atoms with van der Waals surface area (Å²) in [5.74, 6) is 0.225. The molecule has 0 saturated heterocycles. The van der Waals surface area contributed by atoms with E-state index in [9.17, 15) is 10.2 Å². The van der Waals surface area contributed by atoms with E-state index >= 15 is 0 Å². The molecule has 100 valence electrons. The fraction of sp³-hybridized carbons (Fsp3) is 0.625. The topological polar surface area (TPSA) is 40.5 Å². The summed E-state index contributed by atoms with van der Waals surface area (Å²) in [4.78, 5) is 0. The Labute approximate surface area is 110 Å². The Balaban J connectivity index is 2.07. The van der Waals surface area contributed by atoms with E-state index < -0.39 is 5.60 Å². The van der Waals surface area contributed by atoms with E-state index in [0.717, 1.165) is 24.8 Å². The third-order valence-corrected chi connectivity index (χ3v) is 4.17. The molecule has 0 spiro atoms. The molecule has 0 amide bonds. The van der Waals surface area contributed by atoms with Crippen molar-refractivity contribution in [1.29, 1.82) is 0 Å². The molecule has 2 rings (SSSR count). The van der Waals surface area contributed by atoms with E-state index in [1.165, 1.54) is 12.8 Å². The first kappa shape index (κ1) is 13.6. The summed E-state index contributed by atoms with van der Waals surface area (Å²) in [5, 5.41) is 20.8. The number of hydrogen-bond acceptors (Lipinski definition) is 2. The lowest BCUT2D eigenvalue weighted by Crippen LogP contribution is -2.30. The van der Waals surface area contributed by atoms with Crippen molar-refractivity contribution in [2.45, 2.75) is 57.2 Å². The monoisotopic (exact) mass is 248 g/mol. The maximum Gasteiger partial charge on any atom is 0.0872 e. The standard InChI is InChI=1S/C16H24O2/c1-16(18,14-9-5-3-6-10-14)12-13-8-4-2-7-11-15(13)17/h3,5-6,9-10,13,15,17-18H,2,4,7-8,11-12H2,1H3. The van der Waals surface area contributed by atoms with Gasteiger partial charge in [-0.05, 0) is 37.7 Å². The molecule has 1 fully saturated rings. The molecular weight excluding hydrogens is 224 g/mol. The maximum absolute atomic E-state index is 10.6. The summed E-state index contributed by atoms with van der Waals surface area (Å²) in [6.07, 6.45) is 5.82. The van der Waals surface area contributed by atoms with Crippen molar-refractivity contribution in [3.05, 3.63) is 35.9 Å². The number of rotatable bonds is 3. The summed E-state index contributed by atoms with van der Waals surface area (Å²) in [6, 6.07) is 9.78. The Morgan fingerprint density at radius 1 is 1.11 bits per heavy atom. The molecule has 1 aromatic carbocycles. The van der Waals surface area contributed by atoms with Gasteiger partial charge >= 0.3 is 0 Å². The van der Waals surface area contributed by atoms with E-state index in [-0.39, 0.29) is 12.0 Å². The molecule has 2 N–H and O–H groups in total. The zero-order valence-corrected chi connectivity index (χ0v) is 11.2. The van der Waals surface area contributed by atoms with Crippen molar-refractivity contribution < 1.29 is 10.2 Å².